The van der Waals surface area contributed by atoms with Crippen molar-refractivity contribution in [2.24, 2.45) is 0 Å². The first-order valence-electron chi connectivity index (χ1n) is 7.88. The second kappa shape index (κ2) is 9.00. The summed E-state index contributed by atoms with van der Waals surface area (Å²) in [6.45, 7) is 1.39. The average molecular weight is 393 g/mol. The van der Waals surface area contributed by atoms with Gasteiger partial charge in [-0.2, -0.15) is 0 Å². The molecule has 2 rings (SSSR count). The van der Waals surface area contributed by atoms with E-state index < -0.39 is 22.9 Å². The summed E-state index contributed by atoms with van der Waals surface area (Å²) in [6, 6.07) is 10.6. The molecule has 2 aromatic carbocycles. The number of benzene rings is 2. The van der Waals surface area contributed by atoms with Gasteiger partial charge in [-0.1, -0.05) is 29.8 Å². The zero-order chi connectivity index (χ0) is 20.0. The monoisotopic (exact) mass is 392 g/mol. The minimum Gasteiger partial charge on any atom is -0.495 e. The molecule has 0 aliphatic carbocycles. The Labute approximate surface area is 160 Å². The molecule has 0 heterocycles. The topological polar surface area (TPSA) is 108 Å². The van der Waals surface area contributed by atoms with Gasteiger partial charge in [-0.25, -0.2) is 0 Å². The van der Waals surface area contributed by atoms with E-state index in [1.807, 2.05) is 0 Å². The summed E-state index contributed by atoms with van der Waals surface area (Å²) in [5, 5.41) is 13.8. The van der Waals surface area contributed by atoms with E-state index in [0.717, 1.165) is 6.07 Å². The number of nitrogens with one attached hydrogen (secondary N) is 1. The van der Waals surface area contributed by atoms with E-state index in [-0.39, 0.29) is 23.5 Å². The molecule has 0 saturated heterocycles. The summed E-state index contributed by atoms with van der Waals surface area (Å²) >= 11 is 5.99. The summed E-state index contributed by atoms with van der Waals surface area (Å²) in [5.41, 5.74) is 0.470. The smallest absolute Gasteiger partial charge is 0.311 e. The molecule has 2 aromatic rings. The standard InChI is InChI=1S/C18H17ClN2O6/c1-11(27-17(22)9-12-5-3-4-6-14(12)19)18(23)20-15-10-13(21(24)25)7-8-16(15)26-2/h3-8,10-11H,9H2,1-2H3,(H,20,23). The first-order chi connectivity index (χ1) is 12.8. The molecule has 0 aromatic heterocycles. The zero-order valence-corrected chi connectivity index (χ0v) is 15.4. The number of carbonyl (C=O) groups is 2. The van der Waals surface area contributed by atoms with E-state index >= 15 is 0 Å². The van der Waals surface area contributed by atoms with Crippen molar-refractivity contribution in [3.8, 4) is 5.75 Å². The number of esters is 1. The Morgan fingerprint density at radius 3 is 2.59 bits per heavy atom. The number of hydrogen-bond acceptors (Lipinski definition) is 6. The van der Waals surface area contributed by atoms with Crippen molar-refractivity contribution in [1.82, 2.24) is 0 Å². The molecule has 0 spiro atoms. The van der Waals surface area contributed by atoms with E-state index in [1.165, 1.54) is 26.2 Å². The van der Waals surface area contributed by atoms with Gasteiger partial charge >= 0.3 is 5.97 Å². The lowest BCUT2D eigenvalue weighted by molar-refractivity contribution is -0.384. The Morgan fingerprint density at radius 1 is 1.26 bits per heavy atom. The van der Waals surface area contributed by atoms with Crippen LogP contribution in [0.5, 0.6) is 5.75 Å². The minimum absolute atomic E-state index is 0.0859. The fourth-order valence-corrected chi connectivity index (χ4v) is 2.43. The zero-order valence-electron chi connectivity index (χ0n) is 14.6. The lowest BCUT2D eigenvalue weighted by Crippen LogP contribution is -2.30. The molecule has 1 atom stereocenters. The van der Waals surface area contributed by atoms with Crippen molar-refractivity contribution in [1.29, 1.82) is 0 Å². The van der Waals surface area contributed by atoms with Gasteiger partial charge in [0, 0.05) is 17.2 Å². The number of anilines is 1. The highest BCUT2D eigenvalue weighted by atomic mass is 35.5. The van der Waals surface area contributed by atoms with Gasteiger partial charge in [0.2, 0.25) is 0 Å². The fourth-order valence-electron chi connectivity index (χ4n) is 2.23. The first-order valence-corrected chi connectivity index (χ1v) is 8.25. The summed E-state index contributed by atoms with van der Waals surface area (Å²) in [4.78, 5) is 34.6. The molecule has 0 bridgehead atoms. The summed E-state index contributed by atoms with van der Waals surface area (Å²) in [7, 11) is 1.36. The molecule has 0 aliphatic heterocycles. The number of methoxy groups -OCH3 is 1. The Hall–Kier alpha value is -3.13. The van der Waals surface area contributed by atoms with Crippen LogP contribution in [0.15, 0.2) is 42.5 Å². The number of carbonyl (C=O) groups excluding carboxylic acids is 2. The Balaban J connectivity index is 2.03. The van der Waals surface area contributed by atoms with Crippen LogP contribution >= 0.6 is 11.6 Å². The molecule has 9 heteroatoms. The molecule has 0 saturated carbocycles. The predicted octanol–water partition coefficient (Wildman–Crippen LogP) is 3.37. The maximum Gasteiger partial charge on any atom is 0.311 e. The number of rotatable bonds is 7. The van der Waals surface area contributed by atoms with E-state index in [4.69, 9.17) is 21.1 Å². The maximum absolute atomic E-state index is 12.3. The van der Waals surface area contributed by atoms with Gasteiger partial charge in [0.25, 0.3) is 11.6 Å². The number of nitrogens with zero attached hydrogens (tertiary/aromatic N) is 1. The van der Waals surface area contributed by atoms with Crippen LogP contribution in [0.3, 0.4) is 0 Å². The normalized spacial score (nSPS) is 11.4. The van der Waals surface area contributed by atoms with E-state index in [2.05, 4.69) is 5.32 Å². The van der Waals surface area contributed by atoms with E-state index in [0.29, 0.717) is 10.6 Å². The van der Waals surface area contributed by atoms with Gasteiger partial charge in [-0.15, -0.1) is 0 Å². The highest BCUT2D eigenvalue weighted by Gasteiger charge is 2.21. The lowest BCUT2D eigenvalue weighted by Gasteiger charge is -2.15. The third kappa shape index (κ3) is 5.42. The van der Waals surface area contributed by atoms with E-state index in [1.54, 1.807) is 24.3 Å². The number of nitro benzene ring substituents is 1. The minimum atomic E-state index is -1.12. The largest absolute Gasteiger partial charge is 0.495 e. The van der Waals surface area contributed by atoms with Gasteiger partial charge in [0.1, 0.15) is 5.75 Å². The average Bonchev–Trinajstić information content (AvgIpc) is 2.63. The Bertz CT molecular complexity index is 871. The molecule has 27 heavy (non-hydrogen) atoms. The van der Waals surface area contributed by atoms with Crippen molar-refractivity contribution in [2.45, 2.75) is 19.4 Å². The highest BCUT2D eigenvalue weighted by Crippen LogP contribution is 2.29. The fraction of sp³-hybridized carbons (Fsp3) is 0.222. The number of halogens is 1. The molecule has 142 valence electrons. The van der Waals surface area contributed by atoms with Gasteiger partial charge in [0.05, 0.1) is 24.1 Å². The second-order valence-electron chi connectivity index (χ2n) is 5.53. The molecule has 1 amide bonds. The third-order valence-electron chi connectivity index (χ3n) is 3.62. The summed E-state index contributed by atoms with van der Waals surface area (Å²) < 4.78 is 10.2. The van der Waals surface area contributed by atoms with Crippen LogP contribution in [0.1, 0.15) is 12.5 Å². The van der Waals surface area contributed by atoms with Crippen molar-refractivity contribution in [3.63, 3.8) is 0 Å². The molecule has 1 unspecified atom stereocenters. The number of nitro groups is 1. The molecule has 0 fully saturated rings. The van der Waals surface area contributed by atoms with Crippen LogP contribution in [0.2, 0.25) is 5.02 Å². The van der Waals surface area contributed by atoms with Crippen LogP contribution in [-0.4, -0.2) is 30.0 Å². The number of non-ortho nitro benzene ring substituents is 1. The SMILES string of the molecule is COc1ccc([N+](=O)[O-])cc1NC(=O)C(C)OC(=O)Cc1ccccc1Cl. The number of ether oxygens (including phenoxy) is 2. The van der Waals surface area contributed by atoms with Crippen LogP contribution < -0.4 is 10.1 Å². The second-order valence-corrected chi connectivity index (χ2v) is 5.94. The molecule has 0 aliphatic rings. The van der Waals surface area contributed by atoms with Gasteiger partial charge in [-0.05, 0) is 24.6 Å². The van der Waals surface area contributed by atoms with Crippen molar-refractivity contribution in [2.75, 3.05) is 12.4 Å². The van der Waals surface area contributed by atoms with Crippen molar-refractivity contribution < 1.29 is 24.0 Å². The lowest BCUT2D eigenvalue weighted by atomic mass is 10.1. The highest BCUT2D eigenvalue weighted by molar-refractivity contribution is 6.31. The van der Waals surface area contributed by atoms with Crippen LogP contribution in [0.4, 0.5) is 11.4 Å². The van der Waals surface area contributed by atoms with Crippen molar-refractivity contribution >= 4 is 34.9 Å². The summed E-state index contributed by atoms with van der Waals surface area (Å²) in [6.07, 6.45) is -1.21. The molecular weight excluding hydrogens is 376 g/mol. The Morgan fingerprint density at radius 2 is 1.96 bits per heavy atom. The van der Waals surface area contributed by atoms with Gasteiger partial charge in [0.15, 0.2) is 6.10 Å². The molecular formula is C18H17ClN2O6. The van der Waals surface area contributed by atoms with Crippen LogP contribution in [-0.2, 0) is 20.7 Å². The van der Waals surface area contributed by atoms with Crippen molar-refractivity contribution in [3.05, 3.63) is 63.2 Å². The Kier molecular flexibility index (Phi) is 6.73. The number of amides is 1. The van der Waals surface area contributed by atoms with Crippen LogP contribution in [0.25, 0.3) is 0 Å². The molecule has 1 N–H and O–H groups in total. The van der Waals surface area contributed by atoms with Gasteiger partial charge < -0.3 is 14.8 Å². The van der Waals surface area contributed by atoms with Gasteiger partial charge in [-0.3, -0.25) is 19.7 Å². The third-order valence-corrected chi connectivity index (χ3v) is 3.99. The van der Waals surface area contributed by atoms with Crippen LogP contribution in [0, 0.1) is 10.1 Å². The first kappa shape index (κ1) is 20.2. The molecule has 8 nitrogen and oxygen atoms in total. The maximum atomic E-state index is 12.3. The predicted molar refractivity (Wildman–Crippen MR) is 99.0 cm³/mol. The molecule has 0 radical (unpaired) electrons. The quantitative estimate of drug-likeness (QED) is 0.439. The van der Waals surface area contributed by atoms with E-state index in [9.17, 15) is 19.7 Å². The number of hydrogen-bond donors (Lipinski definition) is 1. The summed E-state index contributed by atoms with van der Waals surface area (Å²) in [5.74, 6) is -1.04.